The van der Waals surface area contributed by atoms with Gasteiger partial charge in [-0.25, -0.2) is 15.4 Å². The Bertz CT molecular complexity index is 973. The quantitative estimate of drug-likeness (QED) is 0.505. The minimum absolute atomic E-state index is 0.223. The Kier molecular flexibility index (Phi) is 4.90. The Labute approximate surface area is 175 Å². The molecule has 152 valence electrons. The number of fused-ring (bicyclic) bond motifs is 2. The Morgan fingerprint density at radius 2 is 1.53 bits per heavy atom. The van der Waals surface area contributed by atoms with Crippen molar-refractivity contribution < 1.29 is 10.0 Å². The van der Waals surface area contributed by atoms with Crippen LogP contribution in [0, 0.1) is 0 Å². The van der Waals surface area contributed by atoms with Crippen LogP contribution >= 0.6 is 0 Å². The predicted octanol–water partition coefficient (Wildman–Crippen LogP) is 2.65. The number of carbonyl (C=O) groups is 1. The van der Waals surface area contributed by atoms with Gasteiger partial charge in [-0.05, 0) is 17.5 Å². The molecule has 0 unspecified atom stereocenters. The van der Waals surface area contributed by atoms with Gasteiger partial charge in [-0.3, -0.25) is 14.9 Å². The number of nitrogens with one attached hydrogen (secondary N) is 1. The van der Waals surface area contributed by atoms with Gasteiger partial charge < -0.3 is 4.90 Å². The Morgan fingerprint density at radius 3 is 2.03 bits per heavy atom. The predicted molar refractivity (Wildman–Crippen MR) is 112 cm³/mol. The van der Waals surface area contributed by atoms with Gasteiger partial charge in [0.25, 0.3) is 5.91 Å². The molecular weight excluding hydrogens is 378 g/mol. The normalized spacial score (nSPS) is 20.7. The summed E-state index contributed by atoms with van der Waals surface area (Å²) >= 11 is 0. The van der Waals surface area contributed by atoms with Crippen molar-refractivity contribution in [2.75, 3.05) is 18.0 Å². The first kappa shape index (κ1) is 18.7. The van der Waals surface area contributed by atoms with Gasteiger partial charge >= 0.3 is 0 Å². The fraction of sp³-hybridized carbons (Fsp3) is 0.261. The molecule has 0 radical (unpaired) electrons. The maximum atomic E-state index is 11.5. The molecule has 0 aliphatic carbocycles. The van der Waals surface area contributed by atoms with Gasteiger partial charge in [0.2, 0.25) is 5.95 Å². The fourth-order valence-corrected chi connectivity index (χ4v) is 4.76. The van der Waals surface area contributed by atoms with Crippen molar-refractivity contribution >= 4 is 11.9 Å². The molecule has 1 amide bonds. The highest BCUT2D eigenvalue weighted by molar-refractivity contribution is 5.92. The minimum Gasteiger partial charge on any atom is -0.335 e. The highest BCUT2D eigenvalue weighted by atomic mass is 16.5. The number of rotatable bonds is 5. The van der Waals surface area contributed by atoms with E-state index >= 15 is 0 Å². The Balaban J connectivity index is 1.38. The molecule has 2 fully saturated rings. The first-order valence-corrected chi connectivity index (χ1v) is 10.1. The lowest BCUT2D eigenvalue weighted by Gasteiger charge is -2.39. The van der Waals surface area contributed by atoms with E-state index in [-0.39, 0.29) is 11.6 Å². The van der Waals surface area contributed by atoms with Crippen LogP contribution in [0.25, 0.3) is 0 Å². The summed E-state index contributed by atoms with van der Waals surface area (Å²) in [6, 6.07) is 22.3. The topological polar surface area (TPSA) is 81.6 Å². The molecule has 3 heterocycles. The number of hydrogen-bond donors (Lipinski definition) is 2. The van der Waals surface area contributed by atoms with Crippen LogP contribution in [-0.2, 0) is 0 Å². The summed E-state index contributed by atoms with van der Waals surface area (Å²) < 4.78 is 0. The van der Waals surface area contributed by atoms with E-state index < -0.39 is 5.91 Å². The third-order valence-electron chi connectivity index (χ3n) is 6.10. The van der Waals surface area contributed by atoms with Crippen LogP contribution in [0.5, 0.6) is 0 Å². The summed E-state index contributed by atoms with van der Waals surface area (Å²) in [5.41, 5.74) is 4.45. The van der Waals surface area contributed by atoms with Crippen molar-refractivity contribution in [1.82, 2.24) is 20.3 Å². The summed E-state index contributed by atoms with van der Waals surface area (Å²) in [4.78, 5) is 25.0. The molecule has 0 saturated carbocycles. The summed E-state index contributed by atoms with van der Waals surface area (Å²) in [7, 11) is 0. The van der Waals surface area contributed by atoms with E-state index in [1.807, 2.05) is 0 Å². The standard InChI is InChI=1S/C23H23N5O2/c29-22(26-30)18-12-24-23(25-13-18)28-15-19-11-20(28)14-27(19)21(16-7-3-1-4-8-16)17-9-5-2-6-10-17/h1-10,12-13,19-21,30H,11,14-15H2,(H,26,29)/t19-,20-/m1/s1. The maximum Gasteiger partial charge on any atom is 0.277 e. The van der Waals surface area contributed by atoms with E-state index in [1.165, 1.54) is 23.5 Å². The maximum absolute atomic E-state index is 11.5. The third kappa shape index (κ3) is 3.32. The Morgan fingerprint density at radius 1 is 0.933 bits per heavy atom. The molecule has 2 aliphatic rings. The van der Waals surface area contributed by atoms with E-state index in [0.717, 1.165) is 19.5 Å². The first-order chi connectivity index (χ1) is 14.7. The monoisotopic (exact) mass is 401 g/mol. The van der Waals surface area contributed by atoms with Crippen molar-refractivity contribution in [3.8, 4) is 0 Å². The molecule has 2 bridgehead atoms. The van der Waals surface area contributed by atoms with Crippen molar-refractivity contribution in [2.24, 2.45) is 0 Å². The molecule has 2 aliphatic heterocycles. The average Bonchev–Trinajstić information content (AvgIpc) is 3.41. The van der Waals surface area contributed by atoms with Crippen molar-refractivity contribution in [2.45, 2.75) is 24.5 Å². The van der Waals surface area contributed by atoms with Gasteiger partial charge in [0.15, 0.2) is 0 Å². The zero-order valence-electron chi connectivity index (χ0n) is 16.4. The third-order valence-corrected chi connectivity index (χ3v) is 6.10. The molecule has 7 heteroatoms. The molecular formula is C23H23N5O2. The van der Waals surface area contributed by atoms with Gasteiger partial charge in [-0.15, -0.1) is 0 Å². The molecule has 3 aromatic rings. The zero-order valence-corrected chi connectivity index (χ0v) is 16.4. The molecule has 2 aromatic carbocycles. The van der Waals surface area contributed by atoms with Crippen molar-refractivity contribution in [3.05, 3.63) is 89.7 Å². The fourth-order valence-electron chi connectivity index (χ4n) is 4.76. The molecule has 30 heavy (non-hydrogen) atoms. The molecule has 2 atom stereocenters. The number of likely N-dealkylation sites (tertiary alicyclic amines) is 1. The summed E-state index contributed by atoms with van der Waals surface area (Å²) in [5.74, 6) is 0.0249. The van der Waals surface area contributed by atoms with Crippen LogP contribution < -0.4 is 10.4 Å². The molecule has 1 aromatic heterocycles. The number of hydroxylamine groups is 1. The largest absolute Gasteiger partial charge is 0.335 e. The number of hydrogen-bond acceptors (Lipinski definition) is 6. The van der Waals surface area contributed by atoms with Gasteiger partial charge in [0.1, 0.15) is 0 Å². The second kappa shape index (κ2) is 7.85. The SMILES string of the molecule is O=C(NO)c1cnc(N2C[C@H]3C[C@@H]2CN3C(c2ccccc2)c2ccccc2)nc1. The smallest absolute Gasteiger partial charge is 0.277 e. The molecule has 5 rings (SSSR count). The van der Waals surface area contributed by atoms with Gasteiger partial charge in [0.05, 0.1) is 11.6 Å². The van der Waals surface area contributed by atoms with Crippen LogP contribution in [0.2, 0.25) is 0 Å². The lowest BCUT2D eigenvalue weighted by Crippen LogP contribution is -2.48. The molecule has 2 saturated heterocycles. The van der Waals surface area contributed by atoms with Crippen LogP contribution in [0.3, 0.4) is 0 Å². The average molecular weight is 401 g/mol. The van der Waals surface area contributed by atoms with E-state index in [9.17, 15) is 4.79 Å². The summed E-state index contributed by atoms with van der Waals surface area (Å²) in [6.07, 6.45) is 3.97. The molecule has 2 N–H and O–H groups in total. The summed E-state index contributed by atoms with van der Waals surface area (Å²) in [5, 5.41) is 8.75. The van der Waals surface area contributed by atoms with Gasteiger partial charge in [-0.2, -0.15) is 0 Å². The van der Waals surface area contributed by atoms with Crippen LogP contribution in [0.4, 0.5) is 5.95 Å². The van der Waals surface area contributed by atoms with Crippen LogP contribution in [-0.4, -0.2) is 51.2 Å². The number of piperazine rings is 1. The lowest BCUT2D eigenvalue weighted by atomic mass is 9.96. The minimum atomic E-state index is -0.607. The van der Waals surface area contributed by atoms with E-state index in [0.29, 0.717) is 18.0 Å². The van der Waals surface area contributed by atoms with E-state index in [2.05, 4.69) is 80.4 Å². The number of carbonyl (C=O) groups excluding carboxylic acids is 1. The summed E-state index contributed by atoms with van der Waals surface area (Å²) in [6.45, 7) is 1.79. The zero-order chi connectivity index (χ0) is 20.5. The number of amides is 1. The highest BCUT2D eigenvalue weighted by Gasteiger charge is 2.47. The second-order valence-electron chi connectivity index (χ2n) is 7.83. The molecule has 0 spiro atoms. The van der Waals surface area contributed by atoms with Crippen LogP contribution in [0.15, 0.2) is 73.1 Å². The van der Waals surface area contributed by atoms with E-state index in [1.54, 1.807) is 5.48 Å². The van der Waals surface area contributed by atoms with Gasteiger partial charge in [-0.1, -0.05) is 60.7 Å². The van der Waals surface area contributed by atoms with Crippen molar-refractivity contribution in [3.63, 3.8) is 0 Å². The first-order valence-electron chi connectivity index (χ1n) is 10.1. The number of nitrogens with zero attached hydrogens (tertiary/aromatic N) is 4. The Hall–Kier alpha value is -3.29. The number of aromatic nitrogens is 2. The number of benzene rings is 2. The van der Waals surface area contributed by atoms with Crippen molar-refractivity contribution in [1.29, 1.82) is 0 Å². The number of anilines is 1. The van der Waals surface area contributed by atoms with E-state index in [4.69, 9.17) is 5.21 Å². The molecule has 7 nitrogen and oxygen atoms in total. The lowest BCUT2D eigenvalue weighted by molar-refractivity contribution is 0.0705. The second-order valence-corrected chi connectivity index (χ2v) is 7.83. The van der Waals surface area contributed by atoms with Gasteiger partial charge in [0, 0.05) is 37.6 Å². The highest BCUT2D eigenvalue weighted by Crippen LogP contribution is 2.40. The van der Waals surface area contributed by atoms with Crippen LogP contribution in [0.1, 0.15) is 33.9 Å².